The molecule has 0 amide bonds. The van der Waals surface area contributed by atoms with E-state index in [1.165, 1.54) is 7.11 Å². The number of rotatable bonds is 7. The number of nitrogens with one attached hydrogen (secondary N) is 1. The number of ether oxygens (including phenoxy) is 1. The van der Waals surface area contributed by atoms with Crippen molar-refractivity contribution in [2.45, 2.75) is 17.7 Å². The number of carbonyl (C=O) groups is 1. The normalized spacial score (nSPS) is 11.4. The molecule has 27 heavy (non-hydrogen) atoms. The largest absolute Gasteiger partial charge is 0.465 e. The highest BCUT2D eigenvalue weighted by Crippen LogP contribution is 2.33. The third-order valence-corrected chi connectivity index (χ3v) is 5.84. The van der Waals surface area contributed by atoms with Gasteiger partial charge in [0.2, 0.25) is 10.0 Å². The van der Waals surface area contributed by atoms with Gasteiger partial charge in [-0.15, -0.1) is 0 Å². The zero-order chi connectivity index (χ0) is 19.3. The fourth-order valence-electron chi connectivity index (χ4n) is 3.05. The molecule has 3 rings (SSSR count). The van der Waals surface area contributed by atoms with E-state index in [9.17, 15) is 13.2 Å². The van der Waals surface area contributed by atoms with Crippen LogP contribution in [-0.2, 0) is 21.2 Å². The van der Waals surface area contributed by atoms with Crippen molar-refractivity contribution in [2.75, 3.05) is 13.7 Å². The van der Waals surface area contributed by atoms with Crippen LogP contribution in [0.1, 0.15) is 22.3 Å². The van der Waals surface area contributed by atoms with E-state index in [-0.39, 0.29) is 10.9 Å². The third kappa shape index (κ3) is 4.35. The van der Waals surface area contributed by atoms with Gasteiger partial charge in [-0.2, -0.15) is 0 Å². The molecule has 1 N–H and O–H groups in total. The molecule has 2 aliphatic rings. The highest BCUT2D eigenvalue weighted by Gasteiger charge is 2.20. The van der Waals surface area contributed by atoms with Gasteiger partial charge in [-0.1, -0.05) is 48.5 Å². The van der Waals surface area contributed by atoms with E-state index < -0.39 is 10.0 Å². The Balaban J connectivity index is 1.70. The number of fused-ring (bicyclic) bond motifs is 1. The van der Waals surface area contributed by atoms with Gasteiger partial charge in [0, 0.05) is 6.54 Å². The minimum atomic E-state index is -3.50. The van der Waals surface area contributed by atoms with Gasteiger partial charge in [-0.05, 0) is 47.7 Å². The predicted molar refractivity (Wildman–Crippen MR) is 104 cm³/mol. The standard InChI is InChI=1S/C21H21NO4S/c1-26-21(23)20-15-16(18-12-6-3-7-13-19(18)20)9-8-14-22-27(24,25)17-10-4-2-5-11-17/h2-7,10-13,15,22H,8-9,14H2,1H3. The van der Waals surface area contributed by atoms with Crippen molar-refractivity contribution in [1.29, 1.82) is 0 Å². The minimum absolute atomic E-state index is 0.253. The van der Waals surface area contributed by atoms with Crippen LogP contribution in [0.3, 0.4) is 0 Å². The summed E-state index contributed by atoms with van der Waals surface area (Å²) in [5.41, 5.74) is 3.35. The van der Waals surface area contributed by atoms with E-state index >= 15 is 0 Å². The number of sulfonamides is 1. The first-order chi connectivity index (χ1) is 13.0. The summed E-state index contributed by atoms with van der Waals surface area (Å²) in [6.07, 6.45) is 1.26. The SMILES string of the molecule is COC(=O)c1cc(CCCNS(=O)(=O)c2ccccc2)c2cccccc1-2. The molecule has 5 nitrogen and oxygen atoms in total. The van der Waals surface area contributed by atoms with Gasteiger partial charge in [0.15, 0.2) is 0 Å². The van der Waals surface area contributed by atoms with Crippen molar-refractivity contribution >= 4 is 16.0 Å². The molecule has 0 heterocycles. The first kappa shape index (κ1) is 19.1. The van der Waals surface area contributed by atoms with Crippen molar-refractivity contribution in [1.82, 2.24) is 4.72 Å². The van der Waals surface area contributed by atoms with Crippen LogP contribution in [0, 0.1) is 0 Å². The first-order valence-corrected chi connectivity index (χ1v) is 10.1. The Morgan fingerprint density at radius 2 is 1.59 bits per heavy atom. The van der Waals surface area contributed by atoms with Crippen LogP contribution in [-0.4, -0.2) is 28.0 Å². The van der Waals surface area contributed by atoms with Crippen LogP contribution in [0.25, 0.3) is 11.1 Å². The van der Waals surface area contributed by atoms with E-state index in [2.05, 4.69) is 4.72 Å². The Bertz CT molecular complexity index is 1000. The monoisotopic (exact) mass is 383 g/mol. The topological polar surface area (TPSA) is 72.5 Å². The summed E-state index contributed by atoms with van der Waals surface area (Å²) in [5, 5.41) is 0. The Kier molecular flexibility index (Phi) is 5.88. The molecule has 0 saturated heterocycles. The lowest BCUT2D eigenvalue weighted by Gasteiger charge is -2.07. The molecule has 0 saturated carbocycles. The average Bonchev–Trinajstić information content (AvgIpc) is 2.86. The minimum Gasteiger partial charge on any atom is -0.465 e. The van der Waals surface area contributed by atoms with Crippen molar-refractivity contribution in [2.24, 2.45) is 0 Å². The molecule has 0 radical (unpaired) electrons. The number of carbonyl (C=O) groups excluding carboxylic acids is 1. The van der Waals surface area contributed by atoms with Crippen molar-refractivity contribution in [3.63, 3.8) is 0 Å². The first-order valence-electron chi connectivity index (χ1n) is 8.66. The summed E-state index contributed by atoms with van der Waals surface area (Å²) in [7, 11) is -2.14. The Morgan fingerprint density at radius 3 is 2.26 bits per heavy atom. The van der Waals surface area contributed by atoms with Gasteiger partial charge < -0.3 is 4.74 Å². The van der Waals surface area contributed by atoms with Crippen LogP contribution in [0.2, 0.25) is 0 Å². The summed E-state index contributed by atoms with van der Waals surface area (Å²) in [4.78, 5) is 12.3. The molecule has 2 aliphatic carbocycles. The molecule has 0 bridgehead atoms. The summed E-state index contributed by atoms with van der Waals surface area (Å²) < 4.78 is 32.0. The lowest BCUT2D eigenvalue weighted by Crippen LogP contribution is -2.25. The molecule has 0 atom stereocenters. The quantitative estimate of drug-likeness (QED) is 0.501. The second kappa shape index (κ2) is 8.33. The number of hydrogen-bond acceptors (Lipinski definition) is 4. The predicted octanol–water partition coefficient (Wildman–Crippen LogP) is 3.49. The third-order valence-electron chi connectivity index (χ3n) is 4.37. The van der Waals surface area contributed by atoms with Crippen LogP contribution in [0.4, 0.5) is 0 Å². The number of hydrogen-bond donors (Lipinski definition) is 1. The highest BCUT2D eigenvalue weighted by atomic mass is 32.2. The molecular formula is C21H21NO4S. The van der Waals surface area contributed by atoms with Crippen molar-refractivity contribution in [3.8, 4) is 11.1 Å². The maximum Gasteiger partial charge on any atom is 0.338 e. The number of esters is 1. The number of benzene rings is 1. The van der Waals surface area contributed by atoms with Crippen LogP contribution < -0.4 is 4.72 Å². The Morgan fingerprint density at radius 1 is 0.963 bits per heavy atom. The molecule has 1 aromatic carbocycles. The van der Waals surface area contributed by atoms with Gasteiger partial charge in [-0.3, -0.25) is 0 Å². The molecule has 1 aromatic rings. The number of methoxy groups -OCH3 is 1. The zero-order valence-electron chi connectivity index (χ0n) is 15.0. The highest BCUT2D eigenvalue weighted by molar-refractivity contribution is 7.89. The molecule has 0 unspecified atom stereocenters. The van der Waals surface area contributed by atoms with Gasteiger partial charge in [0.1, 0.15) is 0 Å². The van der Waals surface area contributed by atoms with E-state index in [4.69, 9.17) is 4.74 Å². The molecule has 6 heteroatoms. The van der Waals surface area contributed by atoms with Gasteiger partial charge >= 0.3 is 5.97 Å². The second-order valence-electron chi connectivity index (χ2n) is 6.13. The fourth-order valence-corrected chi connectivity index (χ4v) is 4.14. The molecule has 0 aromatic heterocycles. The van der Waals surface area contributed by atoms with Gasteiger partial charge in [0.05, 0.1) is 17.6 Å². The summed E-state index contributed by atoms with van der Waals surface area (Å²) in [5.74, 6) is -0.373. The van der Waals surface area contributed by atoms with E-state index in [0.29, 0.717) is 24.9 Å². The average molecular weight is 383 g/mol. The van der Waals surface area contributed by atoms with Gasteiger partial charge in [-0.25, -0.2) is 17.9 Å². The lowest BCUT2D eigenvalue weighted by molar-refractivity contribution is 0.0602. The Hall–Kier alpha value is -2.70. The lowest BCUT2D eigenvalue weighted by atomic mass is 10.1. The van der Waals surface area contributed by atoms with Crippen molar-refractivity contribution < 1.29 is 17.9 Å². The second-order valence-corrected chi connectivity index (χ2v) is 7.89. The van der Waals surface area contributed by atoms with E-state index in [0.717, 1.165) is 16.7 Å². The molecule has 140 valence electrons. The number of aryl methyl sites for hydroxylation is 1. The van der Waals surface area contributed by atoms with Crippen molar-refractivity contribution in [3.05, 3.63) is 77.9 Å². The molecule has 0 aliphatic heterocycles. The summed E-state index contributed by atoms with van der Waals surface area (Å²) in [6.45, 7) is 0.316. The van der Waals surface area contributed by atoms with E-state index in [1.54, 1.807) is 30.3 Å². The maximum absolute atomic E-state index is 12.3. The molecule has 0 fully saturated rings. The fraction of sp³-hybridized carbons (Fsp3) is 0.190. The Labute approximate surface area is 159 Å². The summed E-state index contributed by atoms with van der Waals surface area (Å²) >= 11 is 0. The summed E-state index contributed by atoms with van der Waals surface area (Å²) in [6, 6.07) is 19.7. The van der Waals surface area contributed by atoms with E-state index in [1.807, 2.05) is 36.4 Å². The molecular weight excluding hydrogens is 362 g/mol. The molecule has 0 spiro atoms. The van der Waals surface area contributed by atoms with Gasteiger partial charge in [0.25, 0.3) is 0 Å². The smallest absolute Gasteiger partial charge is 0.338 e. The van der Waals surface area contributed by atoms with Crippen LogP contribution in [0.5, 0.6) is 0 Å². The van der Waals surface area contributed by atoms with Crippen LogP contribution >= 0.6 is 0 Å². The zero-order valence-corrected chi connectivity index (χ0v) is 15.8. The maximum atomic E-state index is 12.3. The van der Waals surface area contributed by atoms with Crippen LogP contribution in [0.15, 0.2) is 71.6 Å².